The lowest BCUT2D eigenvalue weighted by molar-refractivity contribution is -0.914. The maximum atomic E-state index is 11.4. The van der Waals surface area contributed by atoms with Crippen molar-refractivity contribution in [2.75, 3.05) is 31.1 Å². The van der Waals surface area contributed by atoms with E-state index in [1.807, 2.05) is 12.1 Å². The Morgan fingerprint density at radius 2 is 1.54 bits per heavy atom. The van der Waals surface area contributed by atoms with Gasteiger partial charge < -0.3 is 9.80 Å². The zero-order chi connectivity index (χ0) is 18.7. The topological polar surface area (TPSA) is 24.8 Å². The number of carbonyl (C=O) groups is 1. The van der Waals surface area contributed by atoms with E-state index >= 15 is 0 Å². The van der Waals surface area contributed by atoms with Crippen LogP contribution in [0.3, 0.4) is 0 Å². The lowest BCUT2D eigenvalue weighted by Gasteiger charge is -2.33. The van der Waals surface area contributed by atoms with Crippen molar-refractivity contribution in [3.63, 3.8) is 0 Å². The summed E-state index contributed by atoms with van der Waals surface area (Å²) in [4.78, 5) is 15.5. The molecule has 0 atom stereocenters. The Hall–Kier alpha value is -2.13. The predicted molar refractivity (Wildman–Crippen MR) is 108 cm³/mol. The maximum absolute atomic E-state index is 11.4. The van der Waals surface area contributed by atoms with Crippen LogP contribution in [-0.2, 0) is 12.0 Å². The van der Waals surface area contributed by atoms with Crippen molar-refractivity contribution >= 4 is 11.5 Å². The van der Waals surface area contributed by atoms with Crippen molar-refractivity contribution in [1.82, 2.24) is 0 Å². The molecule has 0 unspecified atom stereocenters. The summed E-state index contributed by atoms with van der Waals surface area (Å²) in [5, 5.41) is 0. The molecule has 0 aliphatic carbocycles. The van der Waals surface area contributed by atoms with Crippen LogP contribution in [0.4, 0.5) is 5.69 Å². The van der Waals surface area contributed by atoms with Gasteiger partial charge in [0, 0.05) is 16.8 Å². The molecule has 0 bridgehead atoms. The first-order chi connectivity index (χ1) is 12.3. The van der Waals surface area contributed by atoms with E-state index in [-0.39, 0.29) is 11.2 Å². The highest BCUT2D eigenvalue weighted by molar-refractivity contribution is 5.94. The van der Waals surface area contributed by atoms with E-state index < -0.39 is 0 Å². The Balaban J connectivity index is 1.54. The number of nitrogens with zero attached hydrogens (tertiary/aromatic N) is 1. The van der Waals surface area contributed by atoms with E-state index in [0.717, 1.165) is 38.3 Å². The molecule has 26 heavy (non-hydrogen) atoms. The van der Waals surface area contributed by atoms with Crippen LogP contribution in [0.2, 0.25) is 0 Å². The van der Waals surface area contributed by atoms with Crippen molar-refractivity contribution in [3.8, 4) is 0 Å². The molecular formula is C23H31N2O+. The molecule has 3 rings (SSSR count). The molecular weight excluding hydrogens is 320 g/mol. The number of nitrogens with one attached hydrogen (secondary N) is 1. The van der Waals surface area contributed by atoms with E-state index in [9.17, 15) is 4.79 Å². The molecule has 0 spiro atoms. The Kier molecular flexibility index (Phi) is 5.47. The minimum Gasteiger partial charge on any atom is -0.360 e. The fourth-order valence-corrected chi connectivity index (χ4v) is 3.58. The third-order valence-corrected chi connectivity index (χ3v) is 5.38. The molecule has 1 aliphatic heterocycles. The van der Waals surface area contributed by atoms with Gasteiger partial charge in [0.15, 0.2) is 5.78 Å². The van der Waals surface area contributed by atoms with Crippen molar-refractivity contribution in [2.45, 2.75) is 39.7 Å². The van der Waals surface area contributed by atoms with Crippen molar-refractivity contribution in [2.24, 2.45) is 0 Å². The van der Waals surface area contributed by atoms with Crippen LogP contribution in [0, 0.1) is 0 Å². The number of carbonyl (C=O) groups excluding carboxylic acids is 1. The summed E-state index contributed by atoms with van der Waals surface area (Å²) in [6, 6.07) is 17.2. The quantitative estimate of drug-likeness (QED) is 0.856. The van der Waals surface area contributed by atoms with Gasteiger partial charge in [-0.15, -0.1) is 0 Å². The molecule has 2 aromatic rings. The molecule has 0 aromatic heterocycles. The molecule has 1 aliphatic rings. The van der Waals surface area contributed by atoms with Crippen LogP contribution in [0.5, 0.6) is 0 Å². The van der Waals surface area contributed by atoms with Gasteiger partial charge in [0.1, 0.15) is 6.54 Å². The van der Waals surface area contributed by atoms with Gasteiger partial charge in [0.2, 0.25) is 0 Å². The highest BCUT2D eigenvalue weighted by Crippen LogP contribution is 2.22. The van der Waals surface area contributed by atoms with Gasteiger partial charge in [-0.05, 0) is 42.2 Å². The van der Waals surface area contributed by atoms with Crippen LogP contribution >= 0.6 is 0 Å². The highest BCUT2D eigenvalue weighted by atomic mass is 16.1. The minimum atomic E-state index is 0.128. The van der Waals surface area contributed by atoms with Crippen LogP contribution in [-0.4, -0.2) is 32.0 Å². The third-order valence-electron chi connectivity index (χ3n) is 5.38. The molecule has 0 amide bonds. The summed E-state index contributed by atoms with van der Waals surface area (Å²) in [6.07, 6.45) is 0. The highest BCUT2D eigenvalue weighted by Gasteiger charge is 2.21. The van der Waals surface area contributed by atoms with E-state index in [4.69, 9.17) is 0 Å². The lowest BCUT2D eigenvalue weighted by Crippen LogP contribution is -3.13. The fourth-order valence-electron chi connectivity index (χ4n) is 3.58. The smallest absolute Gasteiger partial charge is 0.159 e. The van der Waals surface area contributed by atoms with Gasteiger partial charge in [0.25, 0.3) is 0 Å². The van der Waals surface area contributed by atoms with E-state index in [1.165, 1.54) is 16.8 Å². The SMILES string of the molecule is CC(=O)c1ccc(N2CC[NH+](Cc3ccc(C(C)(C)C)cc3)CC2)cc1. The number of ketones is 1. The van der Waals surface area contributed by atoms with E-state index in [1.54, 1.807) is 11.8 Å². The molecule has 1 fully saturated rings. The second kappa shape index (κ2) is 7.63. The summed E-state index contributed by atoms with van der Waals surface area (Å²) in [7, 11) is 0. The molecule has 2 aromatic carbocycles. The Morgan fingerprint density at radius 3 is 2.04 bits per heavy atom. The van der Waals surface area contributed by atoms with Crippen molar-refractivity contribution < 1.29 is 9.69 Å². The number of hydrogen-bond donors (Lipinski definition) is 1. The number of hydrogen-bond acceptors (Lipinski definition) is 2. The van der Waals surface area contributed by atoms with Gasteiger partial charge in [-0.1, -0.05) is 45.0 Å². The van der Waals surface area contributed by atoms with E-state index in [2.05, 4.69) is 62.1 Å². The van der Waals surface area contributed by atoms with Gasteiger partial charge in [-0.3, -0.25) is 4.79 Å². The molecule has 1 N–H and O–H groups in total. The zero-order valence-corrected chi connectivity index (χ0v) is 16.5. The summed E-state index contributed by atoms with van der Waals surface area (Å²) in [5.41, 5.74) is 5.05. The van der Waals surface area contributed by atoms with Crippen molar-refractivity contribution in [1.29, 1.82) is 0 Å². The first kappa shape index (κ1) is 18.7. The average Bonchev–Trinajstić information content (AvgIpc) is 2.62. The van der Waals surface area contributed by atoms with Gasteiger partial charge >= 0.3 is 0 Å². The van der Waals surface area contributed by atoms with Crippen LogP contribution in [0.25, 0.3) is 0 Å². The molecule has 0 radical (unpaired) electrons. The number of benzene rings is 2. The van der Waals surface area contributed by atoms with Crippen LogP contribution < -0.4 is 9.80 Å². The fraction of sp³-hybridized carbons (Fsp3) is 0.435. The Bertz CT molecular complexity index is 733. The third kappa shape index (κ3) is 4.53. The van der Waals surface area contributed by atoms with Crippen LogP contribution in [0.1, 0.15) is 49.2 Å². The Morgan fingerprint density at radius 1 is 0.962 bits per heavy atom. The number of anilines is 1. The first-order valence-corrected chi connectivity index (χ1v) is 9.62. The second-order valence-electron chi connectivity index (χ2n) is 8.46. The molecule has 1 heterocycles. The number of Topliss-reactive ketones (excluding diaryl/α,β-unsaturated/α-hetero) is 1. The van der Waals surface area contributed by atoms with Gasteiger partial charge in [-0.25, -0.2) is 0 Å². The molecule has 1 saturated heterocycles. The summed E-state index contributed by atoms with van der Waals surface area (Å²) in [6.45, 7) is 13.9. The van der Waals surface area contributed by atoms with E-state index in [0.29, 0.717) is 0 Å². The maximum Gasteiger partial charge on any atom is 0.159 e. The largest absolute Gasteiger partial charge is 0.360 e. The molecule has 3 nitrogen and oxygen atoms in total. The van der Waals surface area contributed by atoms with Gasteiger partial charge in [-0.2, -0.15) is 0 Å². The molecule has 3 heteroatoms. The second-order valence-corrected chi connectivity index (χ2v) is 8.46. The lowest BCUT2D eigenvalue weighted by atomic mass is 9.87. The minimum absolute atomic E-state index is 0.128. The number of piperazine rings is 1. The molecule has 138 valence electrons. The summed E-state index contributed by atoms with van der Waals surface area (Å²) < 4.78 is 0. The number of quaternary nitrogens is 1. The number of rotatable bonds is 4. The first-order valence-electron chi connectivity index (χ1n) is 9.62. The summed E-state index contributed by atoms with van der Waals surface area (Å²) in [5.74, 6) is 0.128. The summed E-state index contributed by atoms with van der Waals surface area (Å²) >= 11 is 0. The van der Waals surface area contributed by atoms with Crippen molar-refractivity contribution in [3.05, 3.63) is 65.2 Å². The monoisotopic (exact) mass is 351 g/mol. The normalized spacial score (nSPS) is 15.9. The Labute approximate surface area is 157 Å². The van der Waals surface area contributed by atoms with Gasteiger partial charge in [0.05, 0.1) is 26.2 Å². The predicted octanol–water partition coefficient (Wildman–Crippen LogP) is 3.09. The standard InChI is InChI=1S/C23H30N2O/c1-18(26)20-7-11-22(12-8-20)25-15-13-24(14-16-25)17-19-5-9-21(10-6-19)23(2,3)4/h5-12H,13-17H2,1-4H3/p+1. The zero-order valence-electron chi connectivity index (χ0n) is 16.5. The molecule has 0 saturated carbocycles. The van der Waals surface area contributed by atoms with Crippen LogP contribution in [0.15, 0.2) is 48.5 Å². The average molecular weight is 352 g/mol.